The van der Waals surface area contributed by atoms with Crippen LogP contribution in [-0.4, -0.2) is 23.0 Å². The molecule has 124 valence electrons. The molecular weight excluding hydrogens is 260 g/mol. The van der Waals surface area contributed by atoms with Crippen LogP contribution in [0.5, 0.6) is 0 Å². The van der Waals surface area contributed by atoms with Crippen molar-refractivity contribution < 1.29 is 4.79 Å². The summed E-state index contributed by atoms with van der Waals surface area (Å²) in [5.74, 6) is 0.240. The molecular formula is C18H36N2O. The molecule has 0 unspecified atom stereocenters. The van der Waals surface area contributed by atoms with Crippen molar-refractivity contribution in [2.45, 2.75) is 110 Å². The Morgan fingerprint density at radius 3 is 2.10 bits per heavy atom. The molecule has 1 aliphatic heterocycles. The van der Waals surface area contributed by atoms with Crippen LogP contribution in [0.1, 0.15) is 92.4 Å². The third kappa shape index (κ3) is 7.85. The predicted molar refractivity (Wildman–Crippen MR) is 90.5 cm³/mol. The zero-order valence-electron chi connectivity index (χ0n) is 14.8. The van der Waals surface area contributed by atoms with Crippen LogP contribution in [0.3, 0.4) is 0 Å². The highest BCUT2D eigenvalue weighted by molar-refractivity contribution is 5.76. The highest BCUT2D eigenvalue weighted by atomic mass is 16.1. The summed E-state index contributed by atoms with van der Waals surface area (Å²) in [6, 6.07) is 0.309. The van der Waals surface area contributed by atoms with Gasteiger partial charge < -0.3 is 10.6 Å². The Hall–Kier alpha value is -0.570. The number of carbonyl (C=O) groups excluding carboxylic acids is 1. The van der Waals surface area contributed by atoms with E-state index in [1.54, 1.807) is 0 Å². The monoisotopic (exact) mass is 296 g/mol. The molecule has 3 heteroatoms. The van der Waals surface area contributed by atoms with Crippen LogP contribution in [0.15, 0.2) is 0 Å². The number of piperidine rings is 1. The second-order valence-corrected chi connectivity index (χ2v) is 8.08. The lowest BCUT2D eigenvalue weighted by atomic mass is 9.79. The molecule has 0 bridgehead atoms. The van der Waals surface area contributed by atoms with E-state index in [1.807, 2.05) is 0 Å². The van der Waals surface area contributed by atoms with Crippen LogP contribution in [0.25, 0.3) is 0 Å². The van der Waals surface area contributed by atoms with Crippen LogP contribution in [0, 0.1) is 0 Å². The average Bonchev–Trinajstić information content (AvgIpc) is 2.29. The van der Waals surface area contributed by atoms with Gasteiger partial charge in [0.2, 0.25) is 5.91 Å². The molecule has 0 spiro atoms. The maximum atomic E-state index is 12.1. The van der Waals surface area contributed by atoms with Gasteiger partial charge in [-0.3, -0.25) is 4.79 Å². The zero-order valence-corrected chi connectivity index (χ0v) is 14.8. The molecule has 1 amide bonds. The molecule has 0 aliphatic carbocycles. The molecule has 1 rings (SSSR count). The SMILES string of the molecule is CCCCCCCCC(=O)NC1CC(C)(C)NC(C)(C)C1. The van der Waals surface area contributed by atoms with Crippen LogP contribution >= 0.6 is 0 Å². The van der Waals surface area contributed by atoms with E-state index in [1.165, 1.54) is 32.1 Å². The summed E-state index contributed by atoms with van der Waals surface area (Å²) in [5.41, 5.74) is 0.194. The third-order valence-electron chi connectivity index (χ3n) is 4.31. The van der Waals surface area contributed by atoms with Crippen LogP contribution < -0.4 is 10.6 Å². The van der Waals surface area contributed by atoms with Gasteiger partial charge in [0, 0.05) is 23.5 Å². The highest BCUT2D eigenvalue weighted by Crippen LogP contribution is 2.28. The number of amides is 1. The maximum Gasteiger partial charge on any atom is 0.220 e. The topological polar surface area (TPSA) is 41.1 Å². The molecule has 1 saturated heterocycles. The first kappa shape index (κ1) is 18.5. The Bertz CT molecular complexity index is 307. The summed E-state index contributed by atoms with van der Waals surface area (Å²) in [6.07, 6.45) is 10.1. The standard InChI is InChI=1S/C18H36N2O/c1-6-7-8-9-10-11-12-16(21)19-15-13-17(2,3)20-18(4,5)14-15/h15,20H,6-14H2,1-5H3,(H,19,21). The summed E-state index contributed by atoms with van der Waals surface area (Å²) in [7, 11) is 0. The fraction of sp³-hybridized carbons (Fsp3) is 0.944. The van der Waals surface area contributed by atoms with Gasteiger partial charge in [0.25, 0.3) is 0 Å². The highest BCUT2D eigenvalue weighted by Gasteiger charge is 2.37. The van der Waals surface area contributed by atoms with Crippen molar-refractivity contribution in [1.82, 2.24) is 10.6 Å². The lowest BCUT2D eigenvalue weighted by Gasteiger charge is -2.46. The number of rotatable bonds is 8. The van der Waals surface area contributed by atoms with Crippen molar-refractivity contribution in [2.75, 3.05) is 0 Å². The zero-order chi connectivity index (χ0) is 15.9. The Balaban J connectivity index is 2.24. The minimum atomic E-state index is 0.0971. The number of hydrogen-bond donors (Lipinski definition) is 2. The lowest BCUT2D eigenvalue weighted by Crippen LogP contribution is -2.62. The van der Waals surface area contributed by atoms with E-state index in [2.05, 4.69) is 45.3 Å². The van der Waals surface area contributed by atoms with E-state index in [-0.39, 0.29) is 17.0 Å². The van der Waals surface area contributed by atoms with Gasteiger partial charge in [-0.1, -0.05) is 39.0 Å². The minimum absolute atomic E-state index is 0.0971. The second-order valence-electron chi connectivity index (χ2n) is 8.08. The van der Waals surface area contributed by atoms with Gasteiger partial charge in [-0.25, -0.2) is 0 Å². The van der Waals surface area contributed by atoms with Gasteiger partial charge in [0.1, 0.15) is 0 Å². The number of nitrogens with one attached hydrogen (secondary N) is 2. The summed E-state index contributed by atoms with van der Waals surface area (Å²) < 4.78 is 0. The van der Waals surface area contributed by atoms with E-state index in [4.69, 9.17) is 0 Å². The smallest absolute Gasteiger partial charge is 0.220 e. The molecule has 0 saturated carbocycles. The Kier molecular flexibility index (Phi) is 7.19. The van der Waals surface area contributed by atoms with E-state index < -0.39 is 0 Å². The van der Waals surface area contributed by atoms with Crippen molar-refractivity contribution in [1.29, 1.82) is 0 Å². The van der Waals surface area contributed by atoms with E-state index in [9.17, 15) is 4.79 Å². The molecule has 3 nitrogen and oxygen atoms in total. The molecule has 0 aromatic heterocycles. The fourth-order valence-electron chi connectivity index (χ4n) is 3.79. The molecule has 2 N–H and O–H groups in total. The fourth-order valence-corrected chi connectivity index (χ4v) is 3.79. The lowest BCUT2D eigenvalue weighted by molar-refractivity contribution is -0.122. The van der Waals surface area contributed by atoms with Gasteiger partial charge >= 0.3 is 0 Å². The molecule has 1 aliphatic rings. The summed E-state index contributed by atoms with van der Waals surface area (Å²) >= 11 is 0. The number of unbranched alkanes of at least 4 members (excludes halogenated alkanes) is 5. The molecule has 0 radical (unpaired) electrons. The van der Waals surface area contributed by atoms with Crippen molar-refractivity contribution in [3.8, 4) is 0 Å². The van der Waals surface area contributed by atoms with Crippen LogP contribution in [0.2, 0.25) is 0 Å². The normalized spacial score (nSPS) is 21.2. The molecule has 0 aromatic rings. The predicted octanol–water partition coefficient (Wildman–Crippen LogP) is 4.16. The first-order valence-corrected chi connectivity index (χ1v) is 8.83. The first-order valence-electron chi connectivity index (χ1n) is 8.83. The van der Waals surface area contributed by atoms with Crippen LogP contribution in [-0.2, 0) is 4.79 Å². The molecule has 21 heavy (non-hydrogen) atoms. The summed E-state index contributed by atoms with van der Waals surface area (Å²) in [4.78, 5) is 12.1. The van der Waals surface area contributed by atoms with Crippen molar-refractivity contribution >= 4 is 5.91 Å². The van der Waals surface area contributed by atoms with Crippen molar-refractivity contribution in [3.63, 3.8) is 0 Å². The van der Waals surface area contributed by atoms with Gasteiger partial charge in [0.05, 0.1) is 0 Å². The Labute approximate surface area is 131 Å². The Morgan fingerprint density at radius 1 is 1.00 bits per heavy atom. The largest absolute Gasteiger partial charge is 0.353 e. The van der Waals surface area contributed by atoms with Gasteiger partial charge in [-0.15, -0.1) is 0 Å². The van der Waals surface area contributed by atoms with E-state index >= 15 is 0 Å². The minimum Gasteiger partial charge on any atom is -0.353 e. The maximum absolute atomic E-state index is 12.1. The molecule has 0 aromatic carbocycles. The van der Waals surface area contributed by atoms with Crippen molar-refractivity contribution in [3.05, 3.63) is 0 Å². The van der Waals surface area contributed by atoms with E-state index in [0.717, 1.165) is 19.3 Å². The molecule has 1 heterocycles. The van der Waals surface area contributed by atoms with Gasteiger partial charge in [0.15, 0.2) is 0 Å². The quantitative estimate of drug-likeness (QED) is 0.660. The summed E-state index contributed by atoms with van der Waals surface area (Å²) in [5, 5.41) is 6.91. The molecule has 1 fully saturated rings. The van der Waals surface area contributed by atoms with Gasteiger partial charge in [-0.05, 0) is 47.0 Å². The van der Waals surface area contributed by atoms with Gasteiger partial charge in [-0.2, -0.15) is 0 Å². The van der Waals surface area contributed by atoms with E-state index in [0.29, 0.717) is 12.5 Å². The second kappa shape index (κ2) is 8.17. The Morgan fingerprint density at radius 2 is 1.52 bits per heavy atom. The number of hydrogen-bond acceptors (Lipinski definition) is 2. The third-order valence-corrected chi connectivity index (χ3v) is 4.31. The van der Waals surface area contributed by atoms with Crippen LogP contribution in [0.4, 0.5) is 0 Å². The average molecular weight is 296 g/mol. The summed E-state index contributed by atoms with van der Waals surface area (Å²) in [6.45, 7) is 11.1. The first-order chi connectivity index (χ1) is 9.74. The van der Waals surface area contributed by atoms with Crippen molar-refractivity contribution in [2.24, 2.45) is 0 Å². The molecule has 0 atom stereocenters. The number of carbonyl (C=O) groups is 1.